The van der Waals surface area contributed by atoms with Gasteiger partial charge in [0.15, 0.2) is 0 Å². The Morgan fingerprint density at radius 2 is 1.86 bits per heavy atom. The molecule has 116 valence electrons. The van der Waals surface area contributed by atoms with Gasteiger partial charge in [-0.3, -0.25) is 9.69 Å². The summed E-state index contributed by atoms with van der Waals surface area (Å²) in [5, 5.41) is 0. The quantitative estimate of drug-likeness (QED) is 0.782. The number of rotatable bonds is 5. The zero-order valence-corrected chi connectivity index (χ0v) is 13.2. The van der Waals surface area contributed by atoms with E-state index in [1.807, 2.05) is 6.92 Å². The van der Waals surface area contributed by atoms with Gasteiger partial charge in [0.1, 0.15) is 0 Å². The van der Waals surface area contributed by atoms with Crippen LogP contribution in [0.1, 0.15) is 36.1 Å². The van der Waals surface area contributed by atoms with Crippen LogP contribution in [0.4, 0.5) is 0 Å². The molecule has 0 bridgehead atoms. The van der Waals surface area contributed by atoms with Crippen LogP contribution in [0.25, 0.3) is 0 Å². The molecule has 0 amide bonds. The van der Waals surface area contributed by atoms with Gasteiger partial charge >= 0.3 is 5.97 Å². The summed E-state index contributed by atoms with van der Waals surface area (Å²) in [6.07, 6.45) is 0.400. The number of nitrogens with zero attached hydrogens (tertiary/aromatic N) is 1. The van der Waals surface area contributed by atoms with Crippen molar-refractivity contribution in [2.24, 2.45) is 0 Å². The van der Waals surface area contributed by atoms with E-state index >= 15 is 0 Å². The predicted octanol–water partition coefficient (Wildman–Crippen LogP) is 2.63. The number of ether oxygens (including phenoxy) is 2. The number of morpholine rings is 1. The zero-order chi connectivity index (χ0) is 15.2. The number of esters is 1. The molecule has 0 aliphatic carbocycles. The van der Waals surface area contributed by atoms with E-state index in [2.05, 4.69) is 36.9 Å². The van der Waals surface area contributed by atoms with E-state index in [0.717, 1.165) is 26.3 Å². The molecule has 21 heavy (non-hydrogen) atoms. The largest absolute Gasteiger partial charge is 0.466 e. The number of benzene rings is 1. The van der Waals surface area contributed by atoms with Crippen LogP contribution >= 0.6 is 0 Å². The molecule has 2 rings (SSSR count). The second-order valence-electron chi connectivity index (χ2n) is 5.59. The highest BCUT2D eigenvalue weighted by Gasteiger charge is 2.25. The van der Waals surface area contributed by atoms with E-state index in [4.69, 9.17) is 9.47 Å². The minimum absolute atomic E-state index is 0.0755. The first-order valence-corrected chi connectivity index (χ1v) is 7.65. The van der Waals surface area contributed by atoms with Gasteiger partial charge in [0.25, 0.3) is 0 Å². The van der Waals surface area contributed by atoms with Crippen LogP contribution in [0.3, 0.4) is 0 Å². The molecule has 1 aromatic carbocycles. The van der Waals surface area contributed by atoms with Gasteiger partial charge in [-0.2, -0.15) is 0 Å². The van der Waals surface area contributed by atoms with Gasteiger partial charge in [0.05, 0.1) is 26.2 Å². The summed E-state index contributed by atoms with van der Waals surface area (Å²) in [6, 6.07) is 6.58. The normalized spacial score (nSPS) is 17.5. The van der Waals surface area contributed by atoms with E-state index in [9.17, 15) is 4.79 Å². The van der Waals surface area contributed by atoms with Gasteiger partial charge < -0.3 is 9.47 Å². The Bertz CT molecular complexity index is 461. The Kier molecular flexibility index (Phi) is 5.76. The van der Waals surface area contributed by atoms with E-state index in [0.29, 0.717) is 13.0 Å². The first-order chi connectivity index (χ1) is 10.1. The van der Waals surface area contributed by atoms with Crippen molar-refractivity contribution in [2.45, 2.75) is 33.2 Å². The topological polar surface area (TPSA) is 38.8 Å². The van der Waals surface area contributed by atoms with Crippen LogP contribution in [0, 0.1) is 13.8 Å². The third kappa shape index (κ3) is 4.55. The van der Waals surface area contributed by atoms with Gasteiger partial charge in [-0.1, -0.05) is 29.3 Å². The molecule has 0 spiro atoms. The fourth-order valence-electron chi connectivity index (χ4n) is 2.93. The van der Waals surface area contributed by atoms with Gasteiger partial charge in [-0.05, 0) is 26.3 Å². The first kappa shape index (κ1) is 16.0. The minimum atomic E-state index is -0.131. The lowest BCUT2D eigenvalue weighted by Crippen LogP contribution is -2.40. The number of hydrogen-bond donors (Lipinski definition) is 0. The second-order valence-corrected chi connectivity index (χ2v) is 5.59. The lowest BCUT2D eigenvalue weighted by atomic mass is 9.97. The third-order valence-corrected chi connectivity index (χ3v) is 3.78. The molecule has 1 heterocycles. The minimum Gasteiger partial charge on any atom is -0.466 e. The van der Waals surface area contributed by atoms with E-state index < -0.39 is 0 Å². The molecule has 0 aromatic heterocycles. The Labute approximate surface area is 127 Å². The molecular formula is C17H25NO3. The fourth-order valence-corrected chi connectivity index (χ4v) is 2.93. The maximum Gasteiger partial charge on any atom is 0.307 e. The van der Waals surface area contributed by atoms with E-state index in [-0.39, 0.29) is 12.0 Å². The Morgan fingerprint density at radius 1 is 1.24 bits per heavy atom. The molecule has 1 aromatic rings. The second kappa shape index (κ2) is 7.57. The summed E-state index contributed by atoms with van der Waals surface area (Å²) in [5.41, 5.74) is 3.65. The lowest BCUT2D eigenvalue weighted by molar-refractivity contribution is -0.145. The van der Waals surface area contributed by atoms with Crippen LogP contribution in [0.5, 0.6) is 0 Å². The van der Waals surface area contributed by atoms with Crippen LogP contribution in [0.15, 0.2) is 18.2 Å². The summed E-state index contributed by atoms with van der Waals surface area (Å²) in [5.74, 6) is -0.131. The van der Waals surface area contributed by atoms with Gasteiger partial charge in [0.2, 0.25) is 0 Å². The van der Waals surface area contributed by atoms with Crippen molar-refractivity contribution in [3.05, 3.63) is 34.9 Å². The number of aryl methyl sites for hydroxylation is 2. The molecule has 4 nitrogen and oxygen atoms in total. The van der Waals surface area contributed by atoms with Crippen molar-refractivity contribution >= 4 is 5.97 Å². The predicted molar refractivity (Wildman–Crippen MR) is 82.3 cm³/mol. The van der Waals surface area contributed by atoms with E-state index in [1.165, 1.54) is 16.7 Å². The highest BCUT2D eigenvalue weighted by molar-refractivity contribution is 5.70. The van der Waals surface area contributed by atoms with Gasteiger partial charge in [-0.15, -0.1) is 0 Å². The highest BCUT2D eigenvalue weighted by atomic mass is 16.5. The molecule has 1 aliphatic heterocycles. The number of carbonyl (C=O) groups is 1. The monoisotopic (exact) mass is 291 g/mol. The van der Waals surface area contributed by atoms with Crippen LogP contribution in [-0.4, -0.2) is 43.8 Å². The van der Waals surface area contributed by atoms with Crippen molar-refractivity contribution in [3.8, 4) is 0 Å². The van der Waals surface area contributed by atoms with Crippen molar-refractivity contribution in [2.75, 3.05) is 32.9 Å². The van der Waals surface area contributed by atoms with E-state index in [1.54, 1.807) is 0 Å². The summed E-state index contributed by atoms with van der Waals surface area (Å²) in [4.78, 5) is 14.3. The smallest absolute Gasteiger partial charge is 0.307 e. The molecule has 1 atom stereocenters. The summed E-state index contributed by atoms with van der Waals surface area (Å²) in [6.45, 7) is 9.64. The zero-order valence-electron chi connectivity index (χ0n) is 13.2. The molecule has 1 unspecified atom stereocenters. The molecular weight excluding hydrogens is 266 g/mol. The Morgan fingerprint density at radius 3 is 2.43 bits per heavy atom. The van der Waals surface area contributed by atoms with Gasteiger partial charge in [-0.25, -0.2) is 0 Å². The molecule has 1 saturated heterocycles. The number of hydrogen-bond acceptors (Lipinski definition) is 4. The lowest BCUT2D eigenvalue weighted by Gasteiger charge is -2.34. The van der Waals surface area contributed by atoms with Crippen molar-refractivity contribution < 1.29 is 14.3 Å². The maximum absolute atomic E-state index is 12.0. The SMILES string of the molecule is CCOC(=O)CC(c1cc(C)cc(C)c1)N1CCOCC1. The van der Waals surface area contributed by atoms with Gasteiger partial charge in [0, 0.05) is 19.1 Å². The third-order valence-electron chi connectivity index (χ3n) is 3.78. The average molecular weight is 291 g/mol. The average Bonchev–Trinajstić information content (AvgIpc) is 2.45. The highest BCUT2D eigenvalue weighted by Crippen LogP contribution is 2.27. The molecule has 0 N–H and O–H groups in total. The first-order valence-electron chi connectivity index (χ1n) is 7.65. The summed E-state index contributed by atoms with van der Waals surface area (Å²) in [7, 11) is 0. The van der Waals surface area contributed by atoms with Crippen molar-refractivity contribution in [1.29, 1.82) is 0 Å². The molecule has 4 heteroatoms. The molecule has 1 fully saturated rings. The van der Waals surface area contributed by atoms with Crippen molar-refractivity contribution in [1.82, 2.24) is 4.90 Å². The standard InChI is InChI=1S/C17H25NO3/c1-4-21-17(19)12-16(18-5-7-20-8-6-18)15-10-13(2)9-14(3)11-15/h9-11,16H,4-8,12H2,1-3H3. The van der Waals surface area contributed by atoms with Crippen LogP contribution < -0.4 is 0 Å². The molecule has 0 radical (unpaired) electrons. The molecule has 1 aliphatic rings. The maximum atomic E-state index is 12.0. The summed E-state index contributed by atoms with van der Waals surface area (Å²) >= 11 is 0. The molecule has 0 saturated carbocycles. The Hall–Kier alpha value is -1.39. The van der Waals surface area contributed by atoms with Crippen LogP contribution in [0.2, 0.25) is 0 Å². The number of carbonyl (C=O) groups excluding carboxylic acids is 1. The van der Waals surface area contributed by atoms with Crippen molar-refractivity contribution in [3.63, 3.8) is 0 Å². The Balaban J connectivity index is 2.22. The summed E-state index contributed by atoms with van der Waals surface area (Å²) < 4.78 is 10.6. The fraction of sp³-hybridized carbons (Fsp3) is 0.588. The van der Waals surface area contributed by atoms with Crippen LogP contribution in [-0.2, 0) is 14.3 Å².